The number of benzene rings is 1. The zero-order chi connectivity index (χ0) is 17.2. The Balaban J connectivity index is 1.24. The molecule has 25 heavy (non-hydrogen) atoms. The van der Waals surface area contributed by atoms with E-state index in [0.29, 0.717) is 44.3 Å². The normalized spacial score (nSPS) is 28.2. The smallest absolute Gasteiger partial charge is 0.410 e. The van der Waals surface area contributed by atoms with Crippen molar-refractivity contribution >= 4 is 12.0 Å². The van der Waals surface area contributed by atoms with Crippen molar-refractivity contribution in [1.29, 1.82) is 0 Å². The average Bonchev–Trinajstić information content (AvgIpc) is 3.25. The van der Waals surface area contributed by atoms with Gasteiger partial charge in [0.1, 0.15) is 5.75 Å². The summed E-state index contributed by atoms with van der Waals surface area (Å²) >= 11 is 0. The first kappa shape index (κ1) is 16.4. The van der Waals surface area contributed by atoms with Gasteiger partial charge in [-0.3, -0.25) is 4.79 Å². The predicted octanol–water partition coefficient (Wildman–Crippen LogP) is 3.16. The largest absolute Gasteiger partial charge is 0.415 e. The average molecular weight is 342 g/mol. The number of hydrogen-bond acceptors (Lipinski definition) is 3. The fourth-order valence-corrected chi connectivity index (χ4v) is 4.77. The summed E-state index contributed by atoms with van der Waals surface area (Å²) in [6, 6.07) is 9.11. The van der Waals surface area contributed by atoms with Gasteiger partial charge in [-0.15, -0.1) is 0 Å². The minimum absolute atomic E-state index is 0.272. The van der Waals surface area contributed by atoms with Gasteiger partial charge >= 0.3 is 6.09 Å². The van der Waals surface area contributed by atoms with Crippen LogP contribution in [0.5, 0.6) is 5.75 Å². The van der Waals surface area contributed by atoms with Crippen LogP contribution >= 0.6 is 0 Å². The summed E-state index contributed by atoms with van der Waals surface area (Å²) in [4.78, 5) is 28.4. The summed E-state index contributed by atoms with van der Waals surface area (Å²) in [5, 5.41) is 0. The van der Waals surface area contributed by atoms with E-state index in [1.807, 2.05) is 23.1 Å². The van der Waals surface area contributed by atoms with Crippen molar-refractivity contribution in [2.24, 2.45) is 17.8 Å². The van der Waals surface area contributed by atoms with E-state index in [0.717, 1.165) is 11.8 Å². The molecule has 1 saturated heterocycles. The van der Waals surface area contributed by atoms with Crippen molar-refractivity contribution in [3.05, 3.63) is 30.3 Å². The van der Waals surface area contributed by atoms with Gasteiger partial charge in [0.15, 0.2) is 0 Å². The van der Waals surface area contributed by atoms with Crippen LogP contribution in [0.2, 0.25) is 0 Å². The first-order chi connectivity index (χ1) is 12.2. The Bertz CT molecular complexity index is 625. The molecular weight excluding hydrogens is 316 g/mol. The number of rotatable bonds is 3. The number of para-hydroxylation sites is 1. The topological polar surface area (TPSA) is 49.9 Å². The molecule has 134 valence electrons. The quantitative estimate of drug-likeness (QED) is 0.848. The zero-order valence-corrected chi connectivity index (χ0v) is 14.6. The minimum Gasteiger partial charge on any atom is -0.410 e. The maximum Gasteiger partial charge on any atom is 0.415 e. The molecule has 1 aromatic rings. The predicted molar refractivity (Wildman–Crippen MR) is 94.2 cm³/mol. The summed E-state index contributed by atoms with van der Waals surface area (Å²) < 4.78 is 5.37. The summed E-state index contributed by atoms with van der Waals surface area (Å²) in [6.45, 7) is 2.33. The van der Waals surface area contributed by atoms with Gasteiger partial charge in [0, 0.05) is 32.6 Å². The molecular formula is C20H26N2O3. The zero-order valence-electron chi connectivity index (χ0n) is 14.6. The van der Waals surface area contributed by atoms with Gasteiger partial charge in [0.25, 0.3) is 0 Å². The van der Waals surface area contributed by atoms with Crippen molar-refractivity contribution in [3.63, 3.8) is 0 Å². The molecule has 2 bridgehead atoms. The summed E-state index contributed by atoms with van der Waals surface area (Å²) in [5.74, 6) is 3.10. The molecule has 2 aliphatic carbocycles. The summed E-state index contributed by atoms with van der Waals surface area (Å²) in [6.07, 6.45) is 5.66. The lowest BCUT2D eigenvalue weighted by molar-refractivity contribution is -0.134. The number of hydrogen-bond donors (Lipinski definition) is 0. The molecule has 3 aliphatic rings. The van der Waals surface area contributed by atoms with Gasteiger partial charge in [0.2, 0.25) is 5.91 Å². The van der Waals surface area contributed by atoms with E-state index < -0.39 is 0 Å². The van der Waals surface area contributed by atoms with E-state index in [1.54, 1.807) is 17.0 Å². The van der Waals surface area contributed by atoms with Crippen LogP contribution in [-0.2, 0) is 4.79 Å². The standard InChI is InChI=1S/C20H26N2O3/c23-19(14-17-13-15-6-7-16(17)12-15)21-8-10-22(11-9-21)20(24)25-18-4-2-1-3-5-18/h1-5,15-17H,6-14H2/t15-,16-,17-/m0/s1. The number of piperazine rings is 1. The number of ether oxygens (including phenoxy) is 1. The van der Waals surface area contributed by atoms with E-state index in [-0.39, 0.29) is 12.0 Å². The molecule has 4 rings (SSSR count). The lowest BCUT2D eigenvalue weighted by Gasteiger charge is -2.35. The van der Waals surface area contributed by atoms with Crippen LogP contribution in [0.1, 0.15) is 32.1 Å². The molecule has 0 radical (unpaired) electrons. The number of amides is 2. The summed E-state index contributed by atoms with van der Waals surface area (Å²) in [5.41, 5.74) is 0. The maximum atomic E-state index is 12.6. The van der Waals surface area contributed by atoms with Crippen molar-refractivity contribution in [2.45, 2.75) is 32.1 Å². The highest BCUT2D eigenvalue weighted by Crippen LogP contribution is 2.49. The van der Waals surface area contributed by atoms with Crippen LogP contribution in [0.3, 0.4) is 0 Å². The van der Waals surface area contributed by atoms with Crippen LogP contribution < -0.4 is 4.74 Å². The van der Waals surface area contributed by atoms with Gasteiger partial charge < -0.3 is 14.5 Å². The molecule has 0 spiro atoms. The lowest BCUT2D eigenvalue weighted by atomic mass is 9.86. The van der Waals surface area contributed by atoms with Gasteiger partial charge in [-0.1, -0.05) is 24.6 Å². The van der Waals surface area contributed by atoms with Crippen LogP contribution in [0.15, 0.2) is 30.3 Å². The lowest BCUT2D eigenvalue weighted by Crippen LogP contribution is -2.51. The third-order valence-corrected chi connectivity index (χ3v) is 6.16. The minimum atomic E-state index is -0.327. The fourth-order valence-electron chi connectivity index (χ4n) is 4.77. The molecule has 5 nitrogen and oxygen atoms in total. The Labute approximate surface area is 148 Å². The second kappa shape index (κ2) is 7.06. The van der Waals surface area contributed by atoms with Crippen LogP contribution in [0.25, 0.3) is 0 Å². The van der Waals surface area contributed by atoms with Crippen LogP contribution in [0, 0.1) is 17.8 Å². The highest BCUT2D eigenvalue weighted by atomic mass is 16.6. The Morgan fingerprint density at radius 3 is 2.32 bits per heavy atom. The van der Waals surface area contributed by atoms with Gasteiger partial charge in [-0.05, 0) is 49.1 Å². The third-order valence-electron chi connectivity index (χ3n) is 6.16. The van der Waals surface area contributed by atoms with E-state index in [9.17, 15) is 9.59 Å². The van der Waals surface area contributed by atoms with Crippen molar-refractivity contribution in [3.8, 4) is 5.75 Å². The highest BCUT2D eigenvalue weighted by molar-refractivity contribution is 5.77. The highest BCUT2D eigenvalue weighted by Gasteiger charge is 2.40. The van der Waals surface area contributed by atoms with Gasteiger partial charge in [0.05, 0.1) is 0 Å². The molecule has 1 heterocycles. The van der Waals surface area contributed by atoms with E-state index >= 15 is 0 Å². The molecule has 3 fully saturated rings. The molecule has 3 atom stereocenters. The third kappa shape index (κ3) is 3.65. The van der Waals surface area contributed by atoms with E-state index in [2.05, 4.69) is 0 Å². The Morgan fingerprint density at radius 2 is 1.68 bits per heavy atom. The van der Waals surface area contributed by atoms with E-state index in [1.165, 1.54) is 25.7 Å². The SMILES string of the molecule is O=C(C[C@@H]1C[C@H]2CC[C@H]1C2)N1CCN(C(=O)Oc2ccccc2)CC1. The molecule has 0 unspecified atom stereocenters. The van der Waals surface area contributed by atoms with E-state index in [4.69, 9.17) is 4.74 Å². The second-order valence-electron chi connectivity index (χ2n) is 7.69. The first-order valence-corrected chi connectivity index (χ1v) is 9.48. The molecule has 5 heteroatoms. The molecule has 0 aromatic heterocycles. The number of fused-ring (bicyclic) bond motifs is 2. The van der Waals surface area contributed by atoms with Gasteiger partial charge in [-0.2, -0.15) is 0 Å². The number of carbonyl (C=O) groups is 2. The molecule has 0 N–H and O–H groups in total. The Kier molecular flexibility index (Phi) is 4.64. The van der Waals surface area contributed by atoms with Crippen LogP contribution in [0.4, 0.5) is 4.79 Å². The number of nitrogens with zero attached hydrogens (tertiary/aromatic N) is 2. The second-order valence-corrected chi connectivity index (χ2v) is 7.69. The molecule has 1 aliphatic heterocycles. The number of carbonyl (C=O) groups excluding carboxylic acids is 2. The Morgan fingerprint density at radius 1 is 0.960 bits per heavy atom. The van der Waals surface area contributed by atoms with Crippen molar-refractivity contribution in [1.82, 2.24) is 9.80 Å². The van der Waals surface area contributed by atoms with Gasteiger partial charge in [-0.25, -0.2) is 4.79 Å². The maximum absolute atomic E-state index is 12.6. The Hall–Kier alpha value is -2.04. The monoisotopic (exact) mass is 342 g/mol. The molecule has 2 amide bonds. The summed E-state index contributed by atoms with van der Waals surface area (Å²) in [7, 11) is 0. The molecule has 1 aromatic carbocycles. The van der Waals surface area contributed by atoms with Crippen molar-refractivity contribution < 1.29 is 14.3 Å². The van der Waals surface area contributed by atoms with Crippen LogP contribution in [-0.4, -0.2) is 48.0 Å². The fraction of sp³-hybridized carbons (Fsp3) is 0.600. The molecule has 2 saturated carbocycles. The first-order valence-electron chi connectivity index (χ1n) is 9.48. The van der Waals surface area contributed by atoms with Crippen molar-refractivity contribution in [2.75, 3.05) is 26.2 Å².